The molecule has 0 aromatic heterocycles. The van der Waals surface area contributed by atoms with Gasteiger partial charge in [0.25, 0.3) is 0 Å². The van der Waals surface area contributed by atoms with Gasteiger partial charge in [0, 0.05) is 12.6 Å². The molecule has 2 N–H and O–H groups in total. The number of hydrogen-bond acceptors (Lipinski definition) is 2. The first-order valence-corrected chi connectivity index (χ1v) is 6.40. The Kier molecular flexibility index (Phi) is 5.25. The van der Waals surface area contributed by atoms with Crippen molar-refractivity contribution in [3.8, 4) is 0 Å². The lowest BCUT2D eigenvalue weighted by molar-refractivity contribution is -0.139. The standard InChI is InChI=1S/C12H22N2O3/c1-3-10(11(15)16)13-12(17)14(4-2)9-7-5-6-8-9/h9-10H,3-8H2,1-2H3,(H,13,17)(H,15,16)/t10-/m0/s1. The summed E-state index contributed by atoms with van der Waals surface area (Å²) in [6, 6.07) is -0.738. The fourth-order valence-electron chi connectivity index (χ4n) is 2.35. The molecule has 1 aliphatic rings. The summed E-state index contributed by atoms with van der Waals surface area (Å²) < 4.78 is 0. The predicted octanol–water partition coefficient (Wildman–Crippen LogP) is 1.82. The van der Waals surface area contributed by atoms with Gasteiger partial charge in [0.2, 0.25) is 0 Å². The van der Waals surface area contributed by atoms with Gasteiger partial charge in [-0.3, -0.25) is 0 Å². The summed E-state index contributed by atoms with van der Waals surface area (Å²) in [4.78, 5) is 24.6. The van der Waals surface area contributed by atoms with Crippen LogP contribution in [0.3, 0.4) is 0 Å². The third-order valence-electron chi connectivity index (χ3n) is 3.37. The summed E-state index contributed by atoms with van der Waals surface area (Å²) in [5.41, 5.74) is 0. The van der Waals surface area contributed by atoms with Crippen molar-refractivity contribution in [2.24, 2.45) is 0 Å². The molecule has 5 nitrogen and oxygen atoms in total. The van der Waals surface area contributed by atoms with Crippen LogP contribution in [-0.2, 0) is 4.79 Å². The average Bonchev–Trinajstić information content (AvgIpc) is 2.80. The molecule has 1 rings (SSSR count). The lowest BCUT2D eigenvalue weighted by Crippen LogP contribution is -2.50. The fraction of sp³-hybridized carbons (Fsp3) is 0.833. The third kappa shape index (κ3) is 3.61. The zero-order valence-electron chi connectivity index (χ0n) is 10.6. The van der Waals surface area contributed by atoms with Crippen molar-refractivity contribution in [3.05, 3.63) is 0 Å². The van der Waals surface area contributed by atoms with Crippen LogP contribution in [0.2, 0.25) is 0 Å². The molecule has 0 bridgehead atoms. The monoisotopic (exact) mass is 242 g/mol. The van der Waals surface area contributed by atoms with Crippen LogP contribution in [0.1, 0.15) is 46.0 Å². The van der Waals surface area contributed by atoms with Gasteiger partial charge in [-0.15, -0.1) is 0 Å². The predicted molar refractivity (Wildman–Crippen MR) is 64.9 cm³/mol. The minimum absolute atomic E-state index is 0.242. The maximum atomic E-state index is 12.0. The lowest BCUT2D eigenvalue weighted by Gasteiger charge is -2.29. The van der Waals surface area contributed by atoms with Crippen molar-refractivity contribution in [1.82, 2.24) is 10.2 Å². The Morgan fingerprint density at radius 1 is 1.35 bits per heavy atom. The summed E-state index contributed by atoms with van der Waals surface area (Å²) in [6.45, 7) is 4.32. The SMILES string of the molecule is CC[C@H](NC(=O)N(CC)C1CCCC1)C(=O)O. The van der Waals surface area contributed by atoms with E-state index >= 15 is 0 Å². The van der Waals surface area contributed by atoms with Gasteiger partial charge in [-0.1, -0.05) is 19.8 Å². The molecular weight excluding hydrogens is 220 g/mol. The van der Waals surface area contributed by atoms with Crippen LogP contribution in [-0.4, -0.2) is 40.6 Å². The second-order valence-corrected chi connectivity index (χ2v) is 4.47. The zero-order chi connectivity index (χ0) is 12.8. The number of nitrogens with zero attached hydrogens (tertiary/aromatic N) is 1. The number of urea groups is 1. The minimum Gasteiger partial charge on any atom is -0.480 e. The van der Waals surface area contributed by atoms with Crippen LogP contribution in [0.15, 0.2) is 0 Å². The van der Waals surface area contributed by atoms with Crippen molar-refractivity contribution in [2.75, 3.05) is 6.54 Å². The Balaban J connectivity index is 2.56. The van der Waals surface area contributed by atoms with Gasteiger partial charge in [-0.05, 0) is 26.2 Å². The van der Waals surface area contributed by atoms with Gasteiger partial charge in [-0.2, -0.15) is 0 Å². The Morgan fingerprint density at radius 3 is 2.35 bits per heavy atom. The van der Waals surface area contributed by atoms with Crippen molar-refractivity contribution in [1.29, 1.82) is 0 Å². The summed E-state index contributed by atoms with van der Waals surface area (Å²) >= 11 is 0. The molecule has 0 aliphatic heterocycles. The second-order valence-electron chi connectivity index (χ2n) is 4.47. The minimum atomic E-state index is -0.969. The van der Waals surface area contributed by atoms with Crippen LogP contribution in [0, 0.1) is 0 Å². The topological polar surface area (TPSA) is 69.6 Å². The average molecular weight is 242 g/mol. The molecule has 0 saturated heterocycles. The molecule has 0 radical (unpaired) electrons. The number of aliphatic carboxylic acids is 1. The molecular formula is C12H22N2O3. The number of carbonyl (C=O) groups excluding carboxylic acids is 1. The highest BCUT2D eigenvalue weighted by Gasteiger charge is 2.27. The first-order chi connectivity index (χ1) is 8.10. The van der Waals surface area contributed by atoms with Crippen LogP contribution in [0.5, 0.6) is 0 Å². The molecule has 1 fully saturated rings. The molecule has 0 unspecified atom stereocenters. The molecule has 2 amide bonds. The number of amides is 2. The van der Waals surface area contributed by atoms with E-state index < -0.39 is 12.0 Å². The Bertz CT molecular complexity index is 275. The van der Waals surface area contributed by atoms with Crippen molar-refractivity contribution in [2.45, 2.75) is 58.0 Å². The van der Waals surface area contributed by atoms with Gasteiger partial charge < -0.3 is 15.3 Å². The van der Waals surface area contributed by atoms with Crippen molar-refractivity contribution in [3.63, 3.8) is 0 Å². The van der Waals surface area contributed by atoms with Gasteiger partial charge in [0.1, 0.15) is 6.04 Å². The van der Waals surface area contributed by atoms with E-state index in [1.54, 1.807) is 11.8 Å². The summed E-state index contributed by atoms with van der Waals surface area (Å²) in [6.07, 6.45) is 4.79. The van der Waals surface area contributed by atoms with Gasteiger partial charge in [0.05, 0.1) is 0 Å². The normalized spacial score (nSPS) is 17.8. The zero-order valence-corrected chi connectivity index (χ0v) is 10.6. The highest BCUT2D eigenvalue weighted by atomic mass is 16.4. The van der Waals surface area contributed by atoms with E-state index in [0.29, 0.717) is 13.0 Å². The van der Waals surface area contributed by atoms with Crippen LogP contribution < -0.4 is 5.32 Å². The smallest absolute Gasteiger partial charge is 0.326 e. The Hall–Kier alpha value is -1.26. The molecule has 0 aromatic rings. The first kappa shape index (κ1) is 13.8. The van der Waals surface area contributed by atoms with E-state index in [4.69, 9.17) is 5.11 Å². The van der Waals surface area contributed by atoms with E-state index in [9.17, 15) is 9.59 Å². The van der Waals surface area contributed by atoms with E-state index in [1.165, 1.54) is 0 Å². The molecule has 5 heteroatoms. The van der Waals surface area contributed by atoms with Crippen molar-refractivity contribution >= 4 is 12.0 Å². The number of hydrogen-bond donors (Lipinski definition) is 2. The number of rotatable bonds is 5. The largest absolute Gasteiger partial charge is 0.480 e. The van der Waals surface area contributed by atoms with Gasteiger partial charge in [0.15, 0.2) is 0 Å². The first-order valence-electron chi connectivity index (χ1n) is 6.40. The number of carboxylic acid groups (broad SMARTS) is 1. The second kappa shape index (κ2) is 6.47. The van der Waals surface area contributed by atoms with E-state index in [0.717, 1.165) is 25.7 Å². The maximum Gasteiger partial charge on any atom is 0.326 e. The molecule has 98 valence electrons. The molecule has 0 spiro atoms. The van der Waals surface area contributed by atoms with E-state index in [1.807, 2.05) is 6.92 Å². The molecule has 1 aliphatic carbocycles. The fourth-order valence-corrected chi connectivity index (χ4v) is 2.35. The number of nitrogens with one attached hydrogen (secondary N) is 1. The molecule has 17 heavy (non-hydrogen) atoms. The summed E-state index contributed by atoms with van der Waals surface area (Å²) in [7, 11) is 0. The summed E-state index contributed by atoms with van der Waals surface area (Å²) in [5.74, 6) is -0.969. The highest BCUT2D eigenvalue weighted by molar-refractivity contribution is 5.82. The van der Waals surface area contributed by atoms with Gasteiger partial charge >= 0.3 is 12.0 Å². The van der Waals surface area contributed by atoms with Crippen LogP contribution >= 0.6 is 0 Å². The van der Waals surface area contributed by atoms with Crippen molar-refractivity contribution < 1.29 is 14.7 Å². The maximum absolute atomic E-state index is 12.0. The van der Waals surface area contributed by atoms with Gasteiger partial charge in [-0.25, -0.2) is 9.59 Å². The molecule has 1 atom stereocenters. The quantitative estimate of drug-likeness (QED) is 0.772. The Morgan fingerprint density at radius 2 is 1.94 bits per heavy atom. The summed E-state index contributed by atoms with van der Waals surface area (Å²) in [5, 5.41) is 11.5. The number of carboxylic acids is 1. The van der Waals surface area contributed by atoms with Crippen LogP contribution in [0.25, 0.3) is 0 Å². The third-order valence-corrected chi connectivity index (χ3v) is 3.37. The number of carbonyl (C=O) groups is 2. The molecule has 0 heterocycles. The van der Waals surface area contributed by atoms with E-state index in [-0.39, 0.29) is 12.1 Å². The highest BCUT2D eigenvalue weighted by Crippen LogP contribution is 2.23. The molecule has 1 saturated carbocycles. The van der Waals surface area contributed by atoms with E-state index in [2.05, 4.69) is 5.32 Å². The Labute approximate surface area is 102 Å². The lowest BCUT2D eigenvalue weighted by atomic mass is 10.2. The van der Waals surface area contributed by atoms with Crippen LogP contribution in [0.4, 0.5) is 4.79 Å². The molecule has 0 aromatic carbocycles.